The van der Waals surface area contributed by atoms with Crippen molar-refractivity contribution in [3.8, 4) is 51.7 Å². The van der Waals surface area contributed by atoms with Crippen LogP contribution in [0, 0.1) is 0 Å². The Morgan fingerprint density at radius 1 is 0.397 bits per heavy atom. The summed E-state index contributed by atoms with van der Waals surface area (Å²) in [5.41, 5.74) is 10.3. The van der Waals surface area contributed by atoms with Crippen molar-refractivity contribution >= 4 is 0 Å². The van der Waals surface area contributed by atoms with Crippen LogP contribution in [0.5, 0.6) is 46.0 Å². The first-order chi connectivity index (χ1) is 33.5. The van der Waals surface area contributed by atoms with Crippen molar-refractivity contribution in [2.75, 3.05) is 27.2 Å². The Balaban J connectivity index is 1.34. The molecular formula is C58H73N2O8+. The highest BCUT2D eigenvalue weighted by Crippen LogP contribution is 2.56. The van der Waals surface area contributed by atoms with Gasteiger partial charge >= 0.3 is 0 Å². The number of rotatable bonds is 19. The quantitative estimate of drug-likeness (QED) is 0.0598. The maximum Gasteiger partial charge on any atom is 0.249 e. The predicted octanol–water partition coefficient (Wildman–Crippen LogP) is 14.3. The number of aromatic nitrogens is 2. The molecule has 0 N–H and O–H groups in total. The van der Waals surface area contributed by atoms with Gasteiger partial charge in [-0.1, -0.05) is 112 Å². The predicted molar refractivity (Wildman–Crippen MR) is 264 cm³/mol. The van der Waals surface area contributed by atoms with Crippen LogP contribution in [0.2, 0.25) is 0 Å². The molecule has 4 aliphatic heterocycles. The van der Waals surface area contributed by atoms with Crippen LogP contribution in [0.1, 0.15) is 212 Å². The van der Waals surface area contributed by atoms with Crippen LogP contribution in [-0.2, 0) is 6.54 Å². The third-order valence-corrected chi connectivity index (χ3v) is 15.2. The standard InChI is InChI=1S/C58H73N2O8/c1-6-11-15-19-38-42-26-43-39(20-16-12-7-2)45-28-47-41(22-18-14-9-4)49-29-48-40(21-17-13-8-3)46-27-44(38)52-31-54(46)65-36-67-57(48)56(60-25-24-59(33-60)23-10-5)58(49)68-37-66-55(47)32-53(45)64-35-62-51(43)30-50(42)61-34-63-52/h24-33,38-41H,6-23,34-37H2,1-5H3/q+1. The van der Waals surface area contributed by atoms with Gasteiger partial charge in [-0.15, -0.1) is 0 Å². The molecule has 0 fully saturated rings. The molecule has 5 heterocycles. The number of ether oxygens (including phenoxy) is 8. The van der Waals surface area contributed by atoms with Gasteiger partial charge in [0.15, 0.2) is 11.5 Å². The summed E-state index contributed by atoms with van der Waals surface area (Å²) in [5, 5.41) is 0. The molecule has 5 aliphatic rings. The SMILES string of the molecule is CCCCCC1c2cc3c4cc2OCOc2cc5c(cc21)C(CCCCC)c1cc2c(c(-n6cc[n+](CCC)c6)c1OCO5)OCOc1cc(c(cc1C2CCCCC)C3CCCCC)OCO4. The van der Waals surface area contributed by atoms with Gasteiger partial charge in [-0.2, -0.15) is 4.57 Å². The summed E-state index contributed by atoms with van der Waals surface area (Å²) < 4.78 is 58.8. The Kier molecular flexibility index (Phi) is 14.3. The van der Waals surface area contributed by atoms with Crippen molar-refractivity contribution in [1.82, 2.24) is 4.57 Å². The zero-order valence-electron chi connectivity index (χ0n) is 41.3. The van der Waals surface area contributed by atoms with E-state index in [1.807, 2.05) is 0 Å². The van der Waals surface area contributed by atoms with E-state index in [4.69, 9.17) is 37.9 Å². The van der Waals surface area contributed by atoms with Gasteiger partial charge in [-0.05, 0) is 56.4 Å². The summed E-state index contributed by atoms with van der Waals surface area (Å²) in [5.74, 6) is 6.33. The van der Waals surface area contributed by atoms with E-state index in [-0.39, 0.29) is 50.8 Å². The lowest BCUT2D eigenvalue weighted by molar-refractivity contribution is -0.696. The van der Waals surface area contributed by atoms with Crippen molar-refractivity contribution in [2.24, 2.45) is 0 Å². The van der Waals surface area contributed by atoms with Crippen LogP contribution >= 0.6 is 0 Å². The molecule has 1 aromatic heterocycles. The first kappa shape index (κ1) is 46.2. The molecule has 5 aromatic rings. The van der Waals surface area contributed by atoms with Crippen molar-refractivity contribution in [2.45, 2.75) is 174 Å². The first-order valence-electron chi connectivity index (χ1n) is 26.4. The Bertz CT molecular complexity index is 2420. The average molecular weight is 926 g/mol. The van der Waals surface area contributed by atoms with E-state index < -0.39 is 0 Å². The molecule has 10 nitrogen and oxygen atoms in total. The van der Waals surface area contributed by atoms with Crippen molar-refractivity contribution in [3.63, 3.8) is 0 Å². The summed E-state index contributed by atoms with van der Waals surface area (Å²) >= 11 is 0. The third kappa shape index (κ3) is 8.97. The molecule has 68 heavy (non-hydrogen) atoms. The van der Waals surface area contributed by atoms with E-state index in [1.54, 1.807) is 0 Å². The zero-order chi connectivity index (χ0) is 46.6. The third-order valence-electron chi connectivity index (χ3n) is 15.2. The molecule has 0 amide bonds. The number of nitrogens with zero attached hydrogens (tertiary/aromatic N) is 2. The van der Waals surface area contributed by atoms with Gasteiger partial charge in [-0.3, -0.25) is 0 Å². The molecule has 8 bridgehead atoms. The summed E-state index contributed by atoms with van der Waals surface area (Å²) in [6.07, 6.45) is 24.6. The second-order valence-corrected chi connectivity index (χ2v) is 19.7. The minimum Gasteiger partial charge on any atom is -0.457 e. The van der Waals surface area contributed by atoms with Crippen LogP contribution in [-0.4, -0.2) is 31.7 Å². The molecule has 10 heteroatoms. The molecule has 0 spiro atoms. The summed E-state index contributed by atoms with van der Waals surface area (Å²) in [6.45, 7) is 12.4. The van der Waals surface area contributed by atoms with Crippen molar-refractivity contribution in [3.05, 3.63) is 106 Å². The van der Waals surface area contributed by atoms with Crippen LogP contribution in [0.3, 0.4) is 0 Å². The molecule has 0 saturated carbocycles. The highest BCUT2D eigenvalue weighted by molar-refractivity contribution is 5.70. The van der Waals surface area contributed by atoms with E-state index in [1.165, 1.54) is 44.5 Å². The summed E-state index contributed by atoms with van der Waals surface area (Å²) in [7, 11) is 0. The molecule has 4 aromatic carbocycles. The van der Waals surface area contributed by atoms with E-state index in [0.29, 0.717) is 0 Å². The number of unbranched alkanes of at least 4 members (excludes halogenated alkanes) is 8. The number of aryl methyl sites for hydroxylation is 1. The maximum absolute atomic E-state index is 7.01. The van der Waals surface area contributed by atoms with Gasteiger partial charge in [0.2, 0.25) is 39.2 Å². The average Bonchev–Trinajstić information content (AvgIpc) is 3.79. The van der Waals surface area contributed by atoms with Crippen molar-refractivity contribution in [1.29, 1.82) is 0 Å². The van der Waals surface area contributed by atoms with Gasteiger partial charge in [0.1, 0.15) is 46.9 Å². The first-order valence-corrected chi connectivity index (χ1v) is 26.4. The number of hydrogen-bond donors (Lipinski definition) is 0. The van der Waals surface area contributed by atoms with Gasteiger partial charge in [-0.25, -0.2) is 4.57 Å². The normalized spacial score (nSPS) is 19.2. The molecule has 10 rings (SSSR count). The van der Waals surface area contributed by atoms with Gasteiger partial charge < -0.3 is 37.9 Å². The van der Waals surface area contributed by atoms with Gasteiger partial charge in [0.25, 0.3) is 0 Å². The number of benzene rings is 4. The van der Waals surface area contributed by atoms with E-state index >= 15 is 0 Å². The van der Waals surface area contributed by atoms with Crippen LogP contribution < -0.4 is 42.5 Å². The van der Waals surface area contributed by atoms with Crippen molar-refractivity contribution < 1.29 is 42.5 Å². The smallest absolute Gasteiger partial charge is 0.249 e. The molecule has 1 aliphatic carbocycles. The second-order valence-electron chi connectivity index (χ2n) is 19.7. The molecule has 0 radical (unpaired) electrons. The highest BCUT2D eigenvalue weighted by Gasteiger charge is 2.40. The number of imidazole rings is 1. The molecular weight excluding hydrogens is 853 g/mol. The van der Waals surface area contributed by atoms with E-state index in [9.17, 15) is 0 Å². The maximum atomic E-state index is 7.01. The fourth-order valence-corrected chi connectivity index (χ4v) is 11.7. The monoisotopic (exact) mass is 926 g/mol. The zero-order valence-corrected chi connectivity index (χ0v) is 41.3. The topological polar surface area (TPSA) is 82.7 Å². The Hall–Kier alpha value is -5.51. The molecule has 4 unspecified atom stereocenters. The lowest BCUT2D eigenvalue weighted by Gasteiger charge is -2.35. The minimum atomic E-state index is -0.0476. The van der Waals surface area contributed by atoms with E-state index in [0.717, 1.165) is 167 Å². The lowest BCUT2D eigenvalue weighted by atomic mass is 9.76. The summed E-state index contributed by atoms with van der Waals surface area (Å²) in [6, 6.07) is 16.2. The second kappa shape index (κ2) is 21.0. The highest BCUT2D eigenvalue weighted by atomic mass is 16.7. The van der Waals surface area contributed by atoms with Gasteiger partial charge in [0, 0.05) is 86.4 Å². The molecule has 4 atom stereocenters. The van der Waals surface area contributed by atoms with E-state index in [2.05, 4.69) is 105 Å². The molecule has 0 saturated heterocycles. The van der Waals surface area contributed by atoms with Crippen LogP contribution in [0.15, 0.2) is 61.2 Å². The van der Waals surface area contributed by atoms with Gasteiger partial charge in [0.05, 0.1) is 6.54 Å². The fourth-order valence-electron chi connectivity index (χ4n) is 11.7. The minimum absolute atomic E-state index is 0.000856. The van der Waals surface area contributed by atoms with Crippen LogP contribution in [0.4, 0.5) is 0 Å². The Morgan fingerprint density at radius 2 is 0.721 bits per heavy atom. The Labute approximate surface area is 404 Å². The fraction of sp³-hybridized carbons (Fsp3) is 0.534. The molecule has 362 valence electrons. The largest absolute Gasteiger partial charge is 0.457 e. The lowest BCUT2D eigenvalue weighted by Crippen LogP contribution is -2.30. The number of hydrogen-bond acceptors (Lipinski definition) is 8. The summed E-state index contributed by atoms with van der Waals surface area (Å²) in [4.78, 5) is 0. The Morgan fingerprint density at radius 3 is 1.06 bits per heavy atom. The van der Waals surface area contributed by atoms with Crippen LogP contribution in [0.25, 0.3) is 5.69 Å².